The predicted molar refractivity (Wildman–Crippen MR) is 147 cm³/mol. The number of amides is 1. The van der Waals surface area contributed by atoms with Gasteiger partial charge in [-0.25, -0.2) is 9.97 Å². The highest BCUT2D eigenvalue weighted by Crippen LogP contribution is 2.31. The van der Waals surface area contributed by atoms with Crippen LogP contribution < -0.4 is 9.80 Å². The minimum absolute atomic E-state index is 0.120. The molecule has 2 aliphatic rings. The topological polar surface area (TPSA) is 61.8 Å². The molecular weight excluding hydrogens is 470 g/mol. The Morgan fingerprint density at radius 2 is 1.58 bits per heavy atom. The number of morpholine rings is 1. The van der Waals surface area contributed by atoms with Crippen molar-refractivity contribution >= 4 is 40.2 Å². The van der Waals surface area contributed by atoms with E-state index in [2.05, 4.69) is 55.7 Å². The highest BCUT2D eigenvalue weighted by Gasteiger charge is 2.27. The zero-order valence-electron chi connectivity index (χ0n) is 21.6. The number of para-hydroxylation sites is 2. The molecule has 0 unspecified atom stereocenters. The number of carbonyl (C=O) groups excluding carboxylic acids is 1. The molecule has 7 nitrogen and oxygen atoms in total. The number of carbonyl (C=O) groups is 1. The van der Waals surface area contributed by atoms with Crippen molar-refractivity contribution < 1.29 is 9.53 Å². The molecule has 1 amide bonds. The maximum absolute atomic E-state index is 13.2. The summed E-state index contributed by atoms with van der Waals surface area (Å²) >= 11 is 1.50. The van der Waals surface area contributed by atoms with E-state index in [4.69, 9.17) is 14.7 Å². The monoisotopic (exact) mass is 505 g/mol. The molecule has 8 heteroatoms. The Labute approximate surface area is 217 Å². The minimum Gasteiger partial charge on any atom is -0.372 e. The second kappa shape index (κ2) is 10.6. The molecule has 0 radical (unpaired) electrons. The maximum atomic E-state index is 13.2. The summed E-state index contributed by atoms with van der Waals surface area (Å²) < 4.78 is 5.94. The number of benzene rings is 2. The molecule has 3 heterocycles. The van der Waals surface area contributed by atoms with E-state index in [0.717, 1.165) is 61.1 Å². The standard InChI is InChI=1S/C28H35N5O2S/c1-19-8-7-11-25(22(19)4)31-12-14-32(15-13-31)26(34)18-36-28-27(33-16-20(2)35-21(3)17-33)29-23-9-5-6-10-24(23)30-28/h5-11,20-21H,12-18H2,1-4H3/t20-,21+. The van der Waals surface area contributed by atoms with Crippen molar-refractivity contribution in [1.82, 2.24) is 14.9 Å². The molecule has 36 heavy (non-hydrogen) atoms. The van der Waals surface area contributed by atoms with E-state index >= 15 is 0 Å². The fraction of sp³-hybridized carbons (Fsp3) is 0.464. The lowest BCUT2D eigenvalue weighted by Crippen LogP contribution is -2.49. The Hall–Kier alpha value is -2.84. The van der Waals surface area contributed by atoms with E-state index < -0.39 is 0 Å². The average Bonchev–Trinajstić information content (AvgIpc) is 2.88. The van der Waals surface area contributed by atoms with Gasteiger partial charge >= 0.3 is 0 Å². The molecule has 0 spiro atoms. The van der Waals surface area contributed by atoms with Crippen LogP contribution >= 0.6 is 11.8 Å². The lowest BCUT2D eigenvalue weighted by molar-refractivity contribution is -0.128. The number of anilines is 2. The molecule has 0 aliphatic carbocycles. The minimum atomic E-state index is 0.120. The van der Waals surface area contributed by atoms with E-state index in [1.165, 1.54) is 28.6 Å². The zero-order valence-corrected chi connectivity index (χ0v) is 22.4. The van der Waals surface area contributed by atoms with E-state index in [-0.39, 0.29) is 18.1 Å². The average molecular weight is 506 g/mol. The molecule has 2 atom stereocenters. The van der Waals surface area contributed by atoms with Gasteiger partial charge in [-0.2, -0.15) is 0 Å². The number of ether oxygens (including phenoxy) is 1. The summed E-state index contributed by atoms with van der Waals surface area (Å²) in [5.74, 6) is 1.37. The number of nitrogens with zero attached hydrogens (tertiary/aromatic N) is 5. The Bertz CT molecular complexity index is 1230. The number of aromatic nitrogens is 2. The SMILES string of the molecule is Cc1cccc(N2CCN(C(=O)CSc3nc4ccccc4nc3N3C[C@@H](C)O[C@@H](C)C3)CC2)c1C. The van der Waals surface area contributed by atoms with Crippen LogP contribution in [-0.4, -0.2) is 78.0 Å². The summed E-state index contributed by atoms with van der Waals surface area (Å²) in [4.78, 5) is 29.7. The first-order valence-corrected chi connectivity index (χ1v) is 13.8. The highest BCUT2D eigenvalue weighted by molar-refractivity contribution is 8.00. The molecule has 2 fully saturated rings. The quantitative estimate of drug-likeness (QED) is 0.479. The van der Waals surface area contributed by atoms with E-state index in [1.807, 2.05) is 29.2 Å². The van der Waals surface area contributed by atoms with Gasteiger partial charge in [0.05, 0.1) is 29.0 Å². The summed E-state index contributed by atoms with van der Waals surface area (Å²) in [6.45, 7) is 13.2. The second-order valence-corrected chi connectivity index (χ2v) is 10.8. The summed E-state index contributed by atoms with van der Waals surface area (Å²) in [6.07, 6.45) is 0.240. The number of rotatable bonds is 5. The van der Waals surface area contributed by atoms with Gasteiger partial charge in [0.2, 0.25) is 5.91 Å². The highest BCUT2D eigenvalue weighted by atomic mass is 32.2. The van der Waals surface area contributed by atoms with E-state index in [0.29, 0.717) is 5.75 Å². The van der Waals surface area contributed by atoms with Gasteiger partial charge in [0.15, 0.2) is 5.82 Å². The first kappa shape index (κ1) is 24.8. The first-order valence-electron chi connectivity index (χ1n) is 12.8. The van der Waals surface area contributed by atoms with Crippen LogP contribution in [0.25, 0.3) is 11.0 Å². The van der Waals surface area contributed by atoms with Gasteiger partial charge < -0.3 is 19.4 Å². The van der Waals surface area contributed by atoms with Crippen molar-refractivity contribution in [2.45, 2.75) is 44.9 Å². The molecule has 190 valence electrons. The number of fused-ring (bicyclic) bond motifs is 1. The lowest BCUT2D eigenvalue weighted by Gasteiger charge is -2.37. The van der Waals surface area contributed by atoms with Crippen LogP contribution in [-0.2, 0) is 9.53 Å². The third-order valence-electron chi connectivity index (χ3n) is 7.12. The van der Waals surface area contributed by atoms with Crippen LogP contribution in [0.5, 0.6) is 0 Å². The van der Waals surface area contributed by atoms with Crippen molar-refractivity contribution in [2.75, 3.05) is 54.8 Å². The number of hydrogen-bond donors (Lipinski definition) is 0. The number of piperazine rings is 1. The van der Waals surface area contributed by atoms with Crippen molar-refractivity contribution in [3.05, 3.63) is 53.6 Å². The molecule has 1 aromatic heterocycles. The van der Waals surface area contributed by atoms with Crippen molar-refractivity contribution in [3.8, 4) is 0 Å². The third-order valence-corrected chi connectivity index (χ3v) is 8.06. The van der Waals surface area contributed by atoms with E-state index in [9.17, 15) is 4.79 Å². The molecule has 5 rings (SSSR count). The van der Waals surface area contributed by atoms with Gasteiger partial charge in [0.1, 0.15) is 5.03 Å². The van der Waals surface area contributed by atoms with Crippen LogP contribution in [0.4, 0.5) is 11.5 Å². The number of aryl methyl sites for hydroxylation is 1. The summed E-state index contributed by atoms with van der Waals surface area (Å²) in [7, 11) is 0. The Balaban J connectivity index is 1.27. The summed E-state index contributed by atoms with van der Waals surface area (Å²) in [5.41, 5.74) is 5.63. The lowest BCUT2D eigenvalue weighted by atomic mass is 10.1. The molecule has 0 saturated carbocycles. The van der Waals surface area contributed by atoms with Gasteiger partial charge in [-0.1, -0.05) is 36.0 Å². The van der Waals surface area contributed by atoms with E-state index in [1.54, 1.807) is 0 Å². The van der Waals surface area contributed by atoms with Gasteiger partial charge in [-0.05, 0) is 57.0 Å². The molecule has 0 bridgehead atoms. The van der Waals surface area contributed by atoms with Crippen molar-refractivity contribution in [3.63, 3.8) is 0 Å². The Kier molecular flexibility index (Phi) is 7.34. The molecule has 3 aromatic rings. The normalized spacial score (nSPS) is 20.7. The van der Waals surface area contributed by atoms with Crippen LogP contribution in [0.2, 0.25) is 0 Å². The molecule has 2 aromatic carbocycles. The number of thioether (sulfide) groups is 1. The Morgan fingerprint density at radius 3 is 2.28 bits per heavy atom. The summed E-state index contributed by atoms with van der Waals surface area (Å²) in [5, 5.41) is 0.817. The second-order valence-electron chi connectivity index (χ2n) is 9.88. The van der Waals surface area contributed by atoms with Crippen LogP contribution in [0.15, 0.2) is 47.5 Å². The maximum Gasteiger partial charge on any atom is 0.233 e. The van der Waals surface area contributed by atoms with Crippen molar-refractivity contribution in [1.29, 1.82) is 0 Å². The Morgan fingerprint density at radius 1 is 0.917 bits per heavy atom. The summed E-state index contributed by atoms with van der Waals surface area (Å²) in [6, 6.07) is 14.4. The fourth-order valence-corrected chi connectivity index (χ4v) is 6.03. The molecule has 2 saturated heterocycles. The fourth-order valence-electron chi connectivity index (χ4n) is 5.12. The molecule has 2 aliphatic heterocycles. The smallest absolute Gasteiger partial charge is 0.233 e. The number of hydrogen-bond acceptors (Lipinski definition) is 7. The van der Waals surface area contributed by atoms with Crippen LogP contribution in [0.1, 0.15) is 25.0 Å². The molecular formula is C28H35N5O2S. The largest absolute Gasteiger partial charge is 0.372 e. The first-order chi connectivity index (χ1) is 17.4. The van der Waals surface area contributed by atoms with Gasteiger partial charge in [-0.3, -0.25) is 4.79 Å². The van der Waals surface area contributed by atoms with Gasteiger partial charge in [0, 0.05) is 45.0 Å². The van der Waals surface area contributed by atoms with Crippen LogP contribution in [0.3, 0.4) is 0 Å². The van der Waals surface area contributed by atoms with Gasteiger partial charge in [0.25, 0.3) is 0 Å². The van der Waals surface area contributed by atoms with Crippen LogP contribution in [0, 0.1) is 13.8 Å². The van der Waals surface area contributed by atoms with Crippen molar-refractivity contribution in [2.24, 2.45) is 0 Å². The van der Waals surface area contributed by atoms with Gasteiger partial charge in [-0.15, -0.1) is 0 Å². The predicted octanol–water partition coefficient (Wildman–Crippen LogP) is 4.30. The zero-order chi connectivity index (χ0) is 25.2. The third kappa shape index (κ3) is 5.30. The molecule has 0 N–H and O–H groups in total.